The Morgan fingerprint density at radius 1 is 1.14 bits per heavy atom. The minimum absolute atomic E-state index is 0.209. The molecule has 0 bridgehead atoms. The topological polar surface area (TPSA) is 64.6 Å². The Hall–Kier alpha value is -2.34. The molecule has 0 saturated heterocycles. The highest BCUT2D eigenvalue weighted by Crippen LogP contribution is 2.41. The quantitative estimate of drug-likeness (QED) is 0.768. The molecule has 1 N–H and O–H groups in total. The molecule has 28 heavy (non-hydrogen) atoms. The van der Waals surface area contributed by atoms with E-state index in [1.165, 1.54) is 16.9 Å². The zero-order chi connectivity index (χ0) is 19.7. The third kappa shape index (κ3) is 3.78. The van der Waals surface area contributed by atoms with E-state index in [2.05, 4.69) is 17.4 Å². The Morgan fingerprint density at radius 2 is 1.89 bits per heavy atom. The molecule has 148 valence electrons. The maximum Gasteiger partial charge on any atom is 0.349 e. The van der Waals surface area contributed by atoms with E-state index in [9.17, 15) is 9.59 Å². The van der Waals surface area contributed by atoms with Crippen LogP contribution in [0, 0.1) is 0 Å². The van der Waals surface area contributed by atoms with Crippen LogP contribution in [0.3, 0.4) is 0 Å². The highest BCUT2D eigenvalue weighted by Gasteiger charge is 2.26. The second kappa shape index (κ2) is 7.95. The van der Waals surface area contributed by atoms with Gasteiger partial charge in [-0.2, -0.15) is 0 Å². The van der Waals surface area contributed by atoms with E-state index in [-0.39, 0.29) is 11.9 Å². The van der Waals surface area contributed by atoms with Crippen LogP contribution in [0.15, 0.2) is 24.3 Å². The summed E-state index contributed by atoms with van der Waals surface area (Å²) in [6.45, 7) is 1.64. The smallest absolute Gasteiger partial charge is 0.349 e. The molecule has 1 unspecified atom stereocenters. The van der Waals surface area contributed by atoms with Crippen LogP contribution in [0.5, 0.6) is 5.75 Å². The highest BCUT2D eigenvalue weighted by molar-refractivity contribution is 7.17. The van der Waals surface area contributed by atoms with Gasteiger partial charge < -0.3 is 14.8 Å². The molecular formula is C22H25NO4S. The van der Waals surface area contributed by atoms with Gasteiger partial charge in [0, 0.05) is 10.9 Å². The Bertz CT molecular complexity index is 898. The molecule has 4 rings (SSSR count). The fourth-order valence-corrected chi connectivity index (χ4v) is 5.15. The van der Waals surface area contributed by atoms with Gasteiger partial charge in [0.1, 0.15) is 10.6 Å². The van der Waals surface area contributed by atoms with Crippen LogP contribution in [-0.4, -0.2) is 31.1 Å². The summed E-state index contributed by atoms with van der Waals surface area (Å²) < 4.78 is 10.8. The lowest BCUT2D eigenvalue weighted by Gasteiger charge is -2.16. The second-order valence-corrected chi connectivity index (χ2v) is 8.58. The Balaban J connectivity index is 1.46. The van der Waals surface area contributed by atoms with Gasteiger partial charge in [-0.25, -0.2) is 4.79 Å². The van der Waals surface area contributed by atoms with Crippen LogP contribution in [0.25, 0.3) is 10.4 Å². The van der Waals surface area contributed by atoms with Crippen molar-refractivity contribution in [2.75, 3.05) is 7.11 Å². The molecule has 5 nitrogen and oxygen atoms in total. The molecule has 6 heteroatoms. The van der Waals surface area contributed by atoms with Crippen LogP contribution >= 0.6 is 11.3 Å². The molecule has 1 fully saturated rings. The third-order valence-corrected chi connectivity index (χ3v) is 6.78. The number of carbonyl (C=O) groups is 2. The molecule has 2 aromatic rings. The van der Waals surface area contributed by atoms with Crippen molar-refractivity contribution in [1.29, 1.82) is 0 Å². The van der Waals surface area contributed by atoms with E-state index in [0.717, 1.165) is 60.3 Å². The van der Waals surface area contributed by atoms with Crippen molar-refractivity contribution in [1.82, 2.24) is 5.32 Å². The summed E-state index contributed by atoms with van der Waals surface area (Å²) >= 11 is 1.44. The van der Waals surface area contributed by atoms with Gasteiger partial charge in [0.15, 0.2) is 6.10 Å². The molecule has 2 aliphatic rings. The Kier molecular flexibility index (Phi) is 5.40. The van der Waals surface area contributed by atoms with Crippen molar-refractivity contribution >= 4 is 23.2 Å². The first-order valence-electron chi connectivity index (χ1n) is 9.86. The lowest BCUT2D eigenvalue weighted by molar-refractivity contribution is -0.129. The first-order valence-corrected chi connectivity index (χ1v) is 10.7. The number of fused-ring (bicyclic) bond motifs is 3. The fourth-order valence-electron chi connectivity index (χ4n) is 4.00. The van der Waals surface area contributed by atoms with Gasteiger partial charge in [-0.05, 0) is 73.6 Å². The number of hydrogen-bond acceptors (Lipinski definition) is 5. The van der Waals surface area contributed by atoms with Crippen LogP contribution in [0.2, 0.25) is 0 Å². The van der Waals surface area contributed by atoms with Gasteiger partial charge in [0.25, 0.3) is 5.91 Å². The molecule has 0 radical (unpaired) electrons. The zero-order valence-electron chi connectivity index (χ0n) is 16.2. The van der Waals surface area contributed by atoms with Gasteiger partial charge in [-0.1, -0.05) is 12.8 Å². The molecule has 1 aromatic heterocycles. The summed E-state index contributed by atoms with van der Waals surface area (Å²) in [6, 6.07) is 8.19. The number of ether oxygens (including phenoxy) is 2. The monoisotopic (exact) mass is 399 g/mol. The molecule has 1 atom stereocenters. The van der Waals surface area contributed by atoms with Crippen molar-refractivity contribution in [3.05, 3.63) is 40.3 Å². The standard InChI is InChI=1S/C22H25NO4S/c1-13(21(24)23-16-5-3-4-6-16)27-22(25)19-12-15-8-7-14-11-17(26-2)9-10-18(14)20(15)28-19/h9-13,16H,3-8H2,1-2H3,(H,23,24). The van der Waals surface area contributed by atoms with Gasteiger partial charge in [0.05, 0.1) is 7.11 Å². The minimum Gasteiger partial charge on any atom is -0.497 e. The molecule has 2 aliphatic carbocycles. The van der Waals surface area contributed by atoms with Crippen molar-refractivity contribution in [2.45, 2.75) is 57.6 Å². The largest absolute Gasteiger partial charge is 0.497 e. The molecular weight excluding hydrogens is 374 g/mol. The first kappa shape index (κ1) is 19.0. The predicted octanol–water partition coefficient (Wildman–Crippen LogP) is 4.13. The maximum atomic E-state index is 12.6. The van der Waals surface area contributed by atoms with Gasteiger partial charge in [-0.15, -0.1) is 11.3 Å². The third-order valence-electron chi connectivity index (χ3n) is 5.59. The SMILES string of the molecule is COc1ccc2c(c1)CCc1cc(C(=O)OC(C)C(=O)NC3CCCC3)sc1-2. The number of methoxy groups -OCH3 is 1. The Morgan fingerprint density at radius 3 is 2.64 bits per heavy atom. The van der Waals surface area contributed by atoms with Crippen molar-refractivity contribution < 1.29 is 19.1 Å². The number of nitrogens with one attached hydrogen (secondary N) is 1. The van der Waals surface area contributed by atoms with E-state index in [4.69, 9.17) is 9.47 Å². The van der Waals surface area contributed by atoms with Crippen LogP contribution in [-0.2, 0) is 22.4 Å². The summed E-state index contributed by atoms with van der Waals surface area (Å²) in [5.41, 5.74) is 3.55. The number of thiophene rings is 1. The summed E-state index contributed by atoms with van der Waals surface area (Å²) in [7, 11) is 1.67. The molecule has 1 aromatic carbocycles. The highest BCUT2D eigenvalue weighted by atomic mass is 32.1. The van der Waals surface area contributed by atoms with E-state index in [1.54, 1.807) is 14.0 Å². The summed E-state index contributed by atoms with van der Waals surface area (Å²) in [5.74, 6) is 0.211. The van der Waals surface area contributed by atoms with Gasteiger partial charge >= 0.3 is 5.97 Å². The van der Waals surface area contributed by atoms with Crippen molar-refractivity contribution in [3.63, 3.8) is 0 Å². The fraction of sp³-hybridized carbons (Fsp3) is 0.455. The van der Waals surface area contributed by atoms with E-state index in [0.29, 0.717) is 4.88 Å². The Labute approximate surface area is 169 Å². The van der Waals surface area contributed by atoms with E-state index in [1.807, 2.05) is 12.1 Å². The lowest BCUT2D eigenvalue weighted by atomic mass is 9.91. The number of benzene rings is 1. The number of hydrogen-bond donors (Lipinski definition) is 1. The van der Waals surface area contributed by atoms with Crippen LogP contribution < -0.4 is 10.1 Å². The zero-order valence-corrected chi connectivity index (χ0v) is 17.1. The van der Waals surface area contributed by atoms with E-state index < -0.39 is 12.1 Å². The van der Waals surface area contributed by atoms with Gasteiger partial charge in [-0.3, -0.25) is 4.79 Å². The number of esters is 1. The van der Waals surface area contributed by atoms with Crippen LogP contribution in [0.1, 0.15) is 53.4 Å². The second-order valence-electron chi connectivity index (χ2n) is 7.53. The first-order chi connectivity index (χ1) is 13.5. The molecule has 1 saturated carbocycles. The van der Waals surface area contributed by atoms with E-state index >= 15 is 0 Å². The number of carbonyl (C=O) groups excluding carboxylic acids is 2. The summed E-state index contributed by atoms with van der Waals surface area (Å²) in [6.07, 6.45) is 5.33. The van der Waals surface area contributed by atoms with Gasteiger partial charge in [0.2, 0.25) is 0 Å². The number of amides is 1. The molecule has 1 amide bonds. The summed E-state index contributed by atoms with van der Waals surface area (Å²) in [4.78, 5) is 26.6. The van der Waals surface area contributed by atoms with Crippen LogP contribution in [0.4, 0.5) is 0 Å². The predicted molar refractivity (Wildman–Crippen MR) is 109 cm³/mol. The number of rotatable bonds is 5. The minimum atomic E-state index is -0.788. The molecule has 0 aliphatic heterocycles. The maximum absolute atomic E-state index is 12.6. The number of aryl methyl sites for hydroxylation is 2. The molecule has 0 spiro atoms. The van der Waals surface area contributed by atoms with Crippen molar-refractivity contribution in [2.24, 2.45) is 0 Å². The lowest BCUT2D eigenvalue weighted by Crippen LogP contribution is -2.40. The van der Waals surface area contributed by atoms with Crippen molar-refractivity contribution in [3.8, 4) is 16.2 Å². The average Bonchev–Trinajstić information content (AvgIpc) is 3.36. The summed E-state index contributed by atoms with van der Waals surface area (Å²) in [5, 5.41) is 2.98. The normalized spacial score (nSPS) is 16.8. The average molecular weight is 400 g/mol. The molecule has 1 heterocycles.